The van der Waals surface area contributed by atoms with E-state index in [2.05, 4.69) is 21.5 Å². The number of nitrogens with zero attached hydrogens (tertiary/aromatic N) is 5. The van der Waals surface area contributed by atoms with Crippen molar-refractivity contribution >= 4 is 45.0 Å². The van der Waals surface area contributed by atoms with E-state index in [0.717, 1.165) is 0 Å². The Morgan fingerprint density at radius 3 is 2.59 bits per heavy atom. The van der Waals surface area contributed by atoms with Gasteiger partial charge in [-0.3, -0.25) is 9.78 Å². The molecule has 0 spiro atoms. The summed E-state index contributed by atoms with van der Waals surface area (Å²) in [6.07, 6.45) is 1.46. The maximum Gasteiger partial charge on any atom is 0.319 e. The number of anilines is 1. The van der Waals surface area contributed by atoms with Crippen LogP contribution in [0, 0.1) is 17.0 Å². The maximum absolute atomic E-state index is 16.4. The van der Waals surface area contributed by atoms with Crippen LogP contribution in [0.4, 0.5) is 19.0 Å². The van der Waals surface area contributed by atoms with Crippen LogP contribution >= 0.6 is 11.6 Å². The van der Waals surface area contributed by atoms with Gasteiger partial charge in [-0.05, 0) is 11.5 Å². The smallest absolute Gasteiger partial charge is 0.319 e. The zero-order valence-electron chi connectivity index (χ0n) is 22.1. The Morgan fingerprint density at radius 1 is 1.15 bits per heavy atom. The first kappa shape index (κ1) is 27.2. The van der Waals surface area contributed by atoms with Gasteiger partial charge in [0.25, 0.3) is 5.91 Å². The molecule has 2 fully saturated rings. The molecule has 0 unspecified atom stereocenters. The molecule has 0 N–H and O–H groups in total. The van der Waals surface area contributed by atoms with Gasteiger partial charge >= 0.3 is 6.01 Å². The highest BCUT2D eigenvalue weighted by Crippen LogP contribution is 2.38. The van der Waals surface area contributed by atoms with E-state index in [0.29, 0.717) is 53.8 Å². The molecule has 41 heavy (non-hydrogen) atoms. The Labute approximate surface area is 238 Å². The first-order valence-corrected chi connectivity index (χ1v) is 13.4. The molecule has 1 amide bonds. The van der Waals surface area contributed by atoms with Crippen LogP contribution in [-0.2, 0) is 9.53 Å². The fourth-order valence-corrected chi connectivity index (χ4v) is 5.36. The largest absolute Gasteiger partial charge is 0.463 e. The Kier molecular flexibility index (Phi) is 6.95. The third-order valence-corrected chi connectivity index (χ3v) is 7.75. The number of pyridine rings is 1. The second-order valence-corrected chi connectivity index (χ2v) is 10.9. The standard InChI is InChI=1S/C29H25ClF3N5O3/c1-16(31)27(39)38-10-8-37(9-11-38)26-19-12-34-24(18-5-3-4-17-6-7-20(32)22(30)21(17)18)23(33)25(19)35-28(36-26)41-15-29(2)13-40-14-29/h3-7,12H,1,8-11,13-15H2,2H3. The normalized spacial score (nSPS) is 16.6. The molecule has 4 heterocycles. The van der Waals surface area contributed by atoms with Crippen LogP contribution in [0.2, 0.25) is 5.02 Å². The van der Waals surface area contributed by atoms with Crippen molar-refractivity contribution in [3.05, 3.63) is 65.6 Å². The van der Waals surface area contributed by atoms with Crippen molar-refractivity contribution in [2.75, 3.05) is 50.9 Å². The number of fused-ring (bicyclic) bond motifs is 2. The number of aromatic nitrogens is 3. The number of hydrogen-bond donors (Lipinski definition) is 0. The van der Waals surface area contributed by atoms with Gasteiger partial charge in [-0.1, -0.05) is 49.4 Å². The summed E-state index contributed by atoms with van der Waals surface area (Å²) in [5.74, 6) is -2.80. The van der Waals surface area contributed by atoms with Gasteiger partial charge in [0.05, 0.1) is 23.6 Å². The number of benzene rings is 2. The summed E-state index contributed by atoms with van der Waals surface area (Å²) >= 11 is 6.32. The molecular weight excluding hydrogens is 559 g/mol. The van der Waals surface area contributed by atoms with Gasteiger partial charge < -0.3 is 19.3 Å². The number of hydrogen-bond acceptors (Lipinski definition) is 7. The highest BCUT2D eigenvalue weighted by atomic mass is 35.5. The lowest BCUT2D eigenvalue weighted by atomic mass is 9.90. The van der Waals surface area contributed by atoms with Gasteiger partial charge in [-0.25, -0.2) is 13.2 Å². The number of ether oxygens (including phenoxy) is 2. The summed E-state index contributed by atoms with van der Waals surface area (Å²) in [4.78, 5) is 28.7. The fraction of sp³-hybridized carbons (Fsp3) is 0.310. The van der Waals surface area contributed by atoms with Crippen LogP contribution in [0.5, 0.6) is 6.01 Å². The van der Waals surface area contributed by atoms with E-state index in [1.54, 1.807) is 24.3 Å². The molecule has 0 radical (unpaired) electrons. The summed E-state index contributed by atoms with van der Waals surface area (Å²) in [5.41, 5.74) is 0.00431. The average Bonchev–Trinajstić information content (AvgIpc) is 2.96. The quantitative estimate of drug-likeness (QED) is 0.284. The Bertz CT molecular complexity index is 1710. The molecule has 12 heteroatoms. The third kappa shape index (κ3) is 4.93. The molecule has 0 saturated carbocycles. The zero-order chi connectivity index (χ0) is 28.9. The Hall–Kier alpha value is -3.96. The molecule has 2 aromatic carbocycles. The Balaban J connectivity index is 1.45. The molecule has 8 nitrogen and oxygen atoms in total. The Morgan fingerprint density at radius 2 is 1.90 bits per heavy atom. The monoisotopic (exact) mass is 583 g/mol. The molecular formula is C29H25ClF3N5O3. The van der Waals surface area contributed by atoms with Crippen molar-refractivity contribution in [1.82, 2.24) is 19.9 Å². The molecule has 0 aliphatic carbocycles. The molecule has 2 aliphatic heterocycles. The number of carbonyl (C=O) groups is 1. The number of amides is 1. The fourth-order valence-electron chi connectivity index (χ4n) is 5.09. The van der Waals surface area contributed by atoms with Crippen molar-refractivity contribution in [2.24, 2.45) is 5.41 Å². The molecule has 2 saturated heterocycles. The topological polar surface area (TPSA) is 80.7 Å². The minimum Gasteiger partial charge on any atom is -0.463 e. The first-order chi connectivity index (χ1) is 19.6. The highest BCUT2D eigenvalue weighted by Gasteiger charge is 2.35. The van der Waals surface area contributed by atoms with E-state index in [9.17, 15) is 13.6 Å². The lowest BCUT2D eigenvalue weighted by Gasteiger charge is -2.37. The van der Waals surface area contributed by atoms with E-state index < -0.39 is 23.4 Å². The number of piperazine rings is 1. The molecule has 212 valence electrons. The van der Waals surface area contributed by atoms with Crippen LogP contribution in [0.3, 0.4) is 0 Å². The van der Waals surface area contributed by atoms with Crippen LogP contribution < -0.4 is 9.64 Å². The summed E-state index contributed by atoms with van der Waals surface area (Å²) in [5, 5.41) is 1.15. The van der Waals surface area contributed by atoms with Gasteiger partial charge in [-0.15, -0.1) is 0 Å². The lowest BCUT2D eigenvalue weighted by molar-refractivity contribution is -0.128. The van der Waals surface area contributed by atoms with Gasteiger partial charge in [-0.2, -0.15) is 9.97 Å². The van der Waals surface area contributed by atoms with Crippen LogP contribution in [0.1, 0.15) is 6.92 Å². The third-order valence-electron chi connectivity index (χ3n) is 7.38. The molecule has 6 rings (SSSR count). The minimum absolute atomic E-state index is 0.0330. The van der Waals surface area contributed by atoms with Gasteiger partial charge in [0, 0.05) is 48.7 Å². The number of rotatable bonds is 6. The van der Waals surface area contributed by atoms with Crippen LogP contribution in [0.15, 0.2) is 48.9 Å². The van der Waals surface area contributed by atoms with Crippen molar-refractivity contribution < 1.29 is 27.4 Å². The second kappa shape index (κ2) is 10.5. The van der Waals surface area contributed by atoms with E-state index >= 15 is 4.39 Å². The average molecular weight is 584 g/mol. The molecule has 4 aromatic rings. The van der Waals surface area contributed by atoms with Gasteiger partial charge in [0.2, 0.25) is 0 Å². The first-order valence-electron chi connectivity index (χ1n) is 13.0. The second-order valence-electron chi connectivity index (χ2n) is 10.6. The van der Waals surface area contributed by atoms with Crippen LogP contribution in [-0.4, -0.2) is 71.8 Å². The van der Waals surface area contributed by atoms with E-state index in [4.69, 9.17) is 21.1 Å². The summed E-state index contributed by atoms with van der Waals surface area (Å²) < 4.78 is 55.4. The van der Waals surface area contributed by atoms with Crippen molar-refractivity contribution in [3.63, 3.8) is 0 Å². The predicted octanol–water partition coefficient (Wildman–Crippen LogP) is 5.32. The molecule has 0 atom stereocenters. The van der Waals surface area contributed by atoms with Crippen molar-refractivity contribution in [2.45, 2.75) is 6.92 Å². The summed E-state index contributed by atoms with van der Waals surface area (Å²) in [6.45, 7) is 7.42. The SMILES string of the molecule is C=C(F)C(=O)N1CCN(c2nc(OCC3(C)COC3)nc3c(F)c(-c4cccc5ccc(F)c(Cl)c45)ncc23)CC1. The summed E-state index contributed by atoms with van der Waals surface area (Å²) in [6, 6.07) is 7.88. The number of carbonyl (C=O) groups excluding carboxylic acids is 1. The lowest BCUT2D eigenvalue weighted by Crippen LogP contribution is -2.49. The van der Waals surface area contributed by atoms with Crippen molar-refractivity contribution in [1.29, 1.82) is 0 Å². The van der Waals surface area contributed by atoms with E-state index in [1.165, 1.54) is 17.2 Å². The van der Waals surface area contributed by atoms with Gasteiger partial charge in [0.1, 0.15) is 29.5 Å². The highest BCUT2D eigenvalue weighted by molar-refractivity contribution is 6.36. The molecule has 2 aromatic heterocycles. The molecule has 2 aliphatic rings. The van der Waals surface area contributed by atoms with Crippen LogP contribution in [0.25, 0.3) is 32.9 Å². The molecule has 0 bridgehead atoms. The van der Waals surface area contributed by atoms with Gasteiger partial charge in [0.15, 0.2) is 11.6 Å². The minimum atomic E-state index is -1.03. The number of halogens is 4. The maximum atomic E-state index is 16.4. The van der Waals surface area contributed by atoms with E-state index in [1.807, 2.05) is 11.8 Å². The van der Waals surface area contributed by atoms with E-state index in [-0.39, 0.29) is 47.4 Å². The zero-order valence-corrected chi connectivity index (χ0v) is 22.8. The predicted molar refractivity (Wildman–Crippen MR) is 149 cm³/mol. The van der Waals surface area contributed by atoms with Crippen molar-refractivity contribution in [3.8, 4) is 17.3 Å². The summed E-state index contributed by atoms with van der Waals surface area (Å²) in [7, 11) is 0.